The Morgan fingerprint density at radius 1 is 1.04 bits per heavy atom. The summed E-state index contributed by atoms with van der Waals surface area (Å²) in [5.41, 5.74) is 3.15. The van der Waals surface area contributed by atoms with Crippen molar-refractivity contribution in [2.24, 2.45) is 0 Å². The molecular weight excluding hydrogens is 340 g/mol. The summed E-state index contributed by atoms with van der Waals surface area (Å²) in [5, 5.41) is 3.13. The first-order valence-corrected chi connectivity index (χ1v) is 8.83. The lowest BCUT2D eigenvalue weighted by Gasteiger charge is -2.12. The van der Waals surface area contributed by atoms with Gasteiger partial charge in [-0.2, -0.15) is 0 Å². The smallest absolute Gasteiger partial charge is 0.278 e. The van der Waals surface area contributed by atoms with Crippen LogP contribution in [0.5, 0.6) is 5.75 Å². The number of amides is 2. The largest absolute Gasteiger partial charge is 0.494 e. The van der Waals surface area contributed by atoms with E-state index in [-0.39, 0.29) is 24.1 Å². The van der Waals surface area contributed by atoms with Crippen LogP contribution in [0.25, 0.3) is 5.57 Å². The van der Waals surface area contributed by atoms with E-state index in [9.17, 15) is 9.59 Å². The Bertz CT molecular complexity index is 896. The third-order valence-electron chi connectivity index (χ3n) is 4.25. The van der Waals surface area contributed by atoms with Crippen LogP contribution >= 0.6 is 0 Å². The molecule has 2 aromatic rings. The fourth-order valence-electron chi connectivity index (χ4n) is 2.92. The highest BCUT2D eigenvalue weighted by atomic mass is 16.5. The van der Waals surface area contributed by atoms with Gasteiger partial charge in [-0.25, -0.2) is 0 Å². The van der Waals surface area contributed by atoms with Gasteiger partial charge < -0.3 is 10.1 Å². The molecule has 5 nitrogen and oxygen atoms in total. The number of aryl methyl sites for hydroxylation is 1. The van der Waals surface area contributed by atoms with Gasteiger partial charge in [-0.3, -0.25) is 14.5 Å². The average Bonchev–Trinajstić information content (AvgIpc) is 2.89. The lowest BCUT2D eigenvalue weighted by atomic mass is 10.0. The van der Waals surface area contributed by atoms with Crippen molar-refractivity contribution in [3.8, 4) is 5.75 Å². The molecule has 1 N–H and O–H groups in total. The monoisotopic (exact) mass is 362 g/mol. The highest BCUT2D eigenvalue weighted by Crippen LogP contribution is 2.31. The van der Waals surface area contributed by atoms with Crippen LogP contribution in [0.3, 0.4) is 0 Å². The van der Waals surface area contributed by atoms with Gasteiger partial charge in [0.05, 0.1) is 12.2 Å². The molecule has 0 spiro atoms. The number of nitrogens with zero attached hydrogens (tertiary/aromatic N) is 1. The fraction of sp³-hybridized carbons (Fsp3) is 0.182. The molecule has 0 aliphatic carbocycles. The number of imide groups is 1. The number of hydrogen-bond donors (Lipinski definition) is 1. The summed E-state index contributed by atoms with van der Waals surface area (Å²) in [5.74, 6) is 0.0256. The van der Waals surface area contributed by atoms with Crippen LogP contribution in [0, 0.1) is 6.92 Å². The molecule has 0 radical (unpaired) electrons. The molecule has 2 amide bonds. The van der Waals surface area contributed by atoms with Crippen molar-refractivity contribution in [3.63, 3.8) is 0 Å². The van der Waals surface area contributed by atoms with Crippen LogP contribution < -0.4 is 10.1 Å². The Balaban J connectivity index is 2.02. The van der Waals surface area contributed by atoms with Crippen molar-refractivity contribution in [2.45, 2.75) is 13.8 Å². The van der Waals surface area contributed by atoms with Crippen molar-refractivity contribution in [1.29, 1.82) is 0 Å². The summed E-state index contributed by atoms with van der Waals surface area (Å²) in [6.07, 6.45) is 1.54. The molecule has 1 aliphatic heterocycles. The number of hydrogen-bond acceptors (Lipinski definition) is 4. The van der Waals surface area contributed by atoms with Crippen LogP contribution in [0.15, 0.2) is 66.9 Å². The Morgan fingerprint density at radius 2 is 1.70 bits per heavy atom. The molecule has 5 heteroatoms. The van der Waals surface area contributed by atoms with Crippen molar-refractivity contribution in [2.75, 3.05) is 18.5 Å². The molecule has 1 aliphatic rings. The third kappa shape index (κ3) is 3.77. The second-order valence-electron chi connectivity index (χ2n) is 6.21. The molecule has 1 heterocycles. The first-order chi connectivity index (χ1) is 13.0. The molecule has 0 unspecified atom stereocenters. The fourth-order valence-corrected chi connectivity index (χ4v) is 2.92. The molecule has 0 saturated heterocycles. The quantitative estimate of drug-likeness (QED) is 0.602. The number of benzene rings is 2. The molecule has 0 aromatic heterocycles. The van der Waals surface area contributed by atoms with Gasteiger partial charge in [0.15, 0.2) is 0 Å². The van der Waals surface area contributed by atoms with E-state index >= 15 is 0 Å². The van der Waals surface area contributed by atoms with Gasteiger partial charge in [0, 0.05) is 12.2 Å². The van der Waals surface area contributed by atoms with Gasteiger partial charge >= 0.3 is 0 Å². The summed E-state index contributed by atoms with van der Waals surface area (Å²) in [4.78, 5) is 26.9. The molecule has 2 aromatic carbocycles. The lowest BCUT2D eigenvalue weighted by molar-refractivity contribution is -0.136. The summed E-state index contributed by atoms with van der Waals surface area (Å²) in [6.45, 7) is 8.27. The molecular formula is C22H22N2O3. The standard InChI is InChI=1S/C22H22N2O3/c1-4-14-24-21(25)19(16-8-12-18(13-9-16)27-5-2)20(22(24)26)23-17-10-6-15(3)7-11-17/h4,6-13,23H,1,5,14H2,2-3H3. The van der Waals surface area contributed by atoms with Gasteiger partial charge in [0.25, 0.3) is 11.8 Å². The maximum atomic E-state index is 12.9. The lowest BCUT2D eigenvalue weighted by Crippen LogP contribution is -2.32. The van der Waals surface area contributed by atoms with E-state index in [1.54, 1.807) is 30.3 Å². The zero-order valence-corrected chi connectivity index (χ0v) is 15.5. The number of nitrogens with one attached hydrogen (secondary N) is 1. The maximum absolute atomic E-state index is 12.9. The van der Waals surface area contributed by atoms with Gasteiger partial charge in [-0.05, 0) is 43.7 Å². The molecule has 0 bridgehead atoms. The molecule has 0 atom stereocenters. The Labute approximate surface area is 158 Å². The third-order valence-corrected chi connectivity index (χ3v) is 4.25. The molecule has 3 rings (SSSR count). The van der Waals surface area contributed by atoms with Crippen molar-refractivity contribution in [3.05, 3.63) is 78.0 Å². The summed E-state index contributed by atoms with van der Waals surface area (Å²) in [7, 11) is 0. The van der Waals surface area contributed by atoms with E-state index in [1.807, 2.05) is 38.1 Å². The zero-order chi connectivity index (χ0) is 19.4. The van der Waals surface area contributed by atoms with Gasteiger partial charge in [-0.15, -0.1) is 6.58 Å². The number of anilines is 1. The highest BCUT2D eigenvalue weighted by molar-refractivity contribution is 6.36. The topological polar surface area (TPSA) is 58.6 Å². The average molecular weight is 362 g/mol. The van der Waals surface area contributed by atoms with Gasteiger partial charge in [-0.1, -0.05) is 35.9 Å². The second kappa shape index (κ2) is 7.91. The number of rotatable bonds is 7. The summed E-state index contributed by atoms with van der Waals surface area (Å²) >= 11 is 0. The van der Waals surface area contributed by atoms with E-state index in [0.29, 0.717) is 17.7 Å². The normalized spacial score (nSPS) is 13.9. The maximum Gasteiger partial charge on any atom is 0.278 e. The summed E-state index contributed by atoms with van der Waals surface area (Å²) < 4.78 is 5.46. The van der Waals surface area contributed by atoms with Crippen molar-refractivity contribution >= 4 is 23.1 Å². The highest BCUT2D eigenvalue weighted by Gasteiger charge is 2.38. The van der Waals surface area contributed by atoms with E-state index in [2.05, 4.69) is 11.9 Å². The Morgan fingerprint density at radius 3 is 2.30 bits per heavy atom. The molecule has 138 valence electrons. The van der Waals surface area contributed by atoms with E-state index in [1.165, 1.54) is 4.90 Å². The predicted molar refractivity (Wildman–Crippen MR) is 106 cm³/mol. The first kappa shape index (κ1) is 18.5. The van der Waals surface area contributed by atoms with Gasteiger partial charge in [0.1, 0.15) is 11.4 Å². The summed E-state index contributed by atoms with van der Waals surface area (Å²) in [6, 6.07) is 14.8. The predicted octanol–water partition coefficient (Wildman–Crippen LogP) is 3.77. The molecule has 0 fully saturated rings. The minimum Gasteiger partial charge on any atom is -0.494 e. The molecule has 27 heavy (non-hydrogen) atoms. The SMILES string of the molecule is C=CCN1C(=O)C(Nc2ccc(C)cc2)=C(c2ccc(OCC)cc2)C1=O. The second-order valence-corrected chi connectivity index (χ2v) is 6.21. The van der Waals surface area contributed by atoms with Crippen LogP contribution in [0.2, 0.25) is 0 Å². The van der Waals surface area contributed by atoms with E-state index in [4.69, 9.17) is 4.74 Å². The Kier molecular flexibility index (Phi) is 5.41. The minimum atomic E-state index is -0.357. The van der Waals surface area contributed by atoms with Gasteiger partial charge in [0.2, 0.25) is 0 Å². The number of carbonyl (C=O) groups is 2. The zero-order valence-electron chi connectivity index (χ0n) is 15.5. The number of ether oxygens (including phenoxy) is 1. The van der Waals surface area contributed by atoms with Crippen LogP contribution in [-0.2, 0) is 9.59 Å². The van der Waals surface area contributed by atoms with E-state index < -0.39 is 0 Å². The van der Waals surface area contributed by atoms with E-state index in [0.717, 1.165) is 17.0 Å². The molecule has 0 saturated carbocycles. The Hall–Kier alpha value is -3.34. The van der Waals surface area contributed by atoms with Crippen molar-refractivity contribution in [1.82, 2.24) is 4.90 Å². The van der Waals surface area contributed by atoms with Crippen molar-refractivity contribution < 1.29 is 14.3 Å². The number of carbonyl (C=O) groups excluding carboxylic acids is 2. The first-order valence-electron chi connectivity index (χ1n) is 8.83. The van der Waals surface area contributed by atoms with Crippen LogP contribution in [0.4, 0.5) is 5.69 Å². The minimum absolute atomic E-state index is 0.164. The van der Waals surface area contributed by atoms with Crippen LogP contribution in [-0.4, -0.2) is 29.9 Å². The van der Waals surface area contributed by atoms with Crippen LogP contribution in [0.1, 0.15) is 18.1 Å².